The highest BCUT2D eigenvalue weighted by Crippen LogP contribution is 2.29. The Hall–Kier alpha value is -4.20. The fourth-order valence-electron chi connectivity index (χ4n) is 3.70. The van der Waals surface area contributed by atoms with Gasteiger partial charge in [0.15, 0.2) is 0 Å². The van der Waals surface area contributed by atoms with Crippen LogP contribution in [0.5, 0.6) is 11.5 Å². The summed E-state index contributed by atoms with van der Waals surface area (Å²) in [5.41, 5.74) is 3.30. The number of rotatable bonds is 6. The molecule has 1 aliphatic rings. The minimum atomic E-state index is -0.515. The molecule has 168 valence electrons. The second-order valence-corrected chi connectivity index (χ2v) is 7.99. The Labute approximate surface area is 190 Å². The Bertz CT molecular complexity index is 1210. The summed E-state index contributed by atoms with van der Waals surface area (Å²) < 4.78 is 5.94. The van der Waals surface area contributed by atoms with Crippen LogP contribution in [-0.4, -0.2) is 23.3 Å². The summed E-state index contributed by atoms with van der Waals surface area (Å²) in [5.74, 6) is 0.473. The lowest BCUT2D eigenvalue weighted by Gasteiger charge is -2.16. The van der Waals surface area contributed by atoms with E-state index in [0.717, 1.165) is 16.9 Å². The van der Waals surface area contributed by atoms with Crippen LogP contribution in [0.1, 0.15) is 17.5 Å². The molecule has 0 unspecified atom stereocenters. The summed E-state index contributed by atoms with van der Waals surface area (Å²) in [7, 11) is 0. The summed E-state index contributed by atoms with van der Waals surface area (Å²) in [6, 6.07) is 18.7. The van der Waals surface area contributed by atoms with Crippen LogP contribution >= 0.6 is 0 Å². The topological polar surface area (TPSA) is 102 Å². The summed E-state index contributed by atoms with van der Waals surface area (Å²) in [5, 5.41) is 13.7. The van der Waals surface area contributed by atoms with Crippen LogP contribution in [0.4, 0.5) is 17.1 Å². The molecule has 3 aromatic carbocycles. The molecule has 2 amide bonds. The van der Waals surface area contributed by atoms with Gasteiger partial charge in [0.05, 0.1) is 10.8 Å². The second kappa shape index (κ2) is 9.12. The first-order valence-corrected chi connectivity index (χ1v) is 10.5. The minimum Gasteiger partial charge on any atom is -0.457 e. The maximum Gasteiger partial charge on any atom is 0.269 e. The standard InChI is InChI=1S/C25H23N3O5/c1-16-4-3-5-23(17(16)2)33-22-12-6-19(7-13-22)26-25(30)18-14-24(29)27(15-18)20-8-10-21(11-9-20)28(31)32/h3-13,18H,14-15H2,1-2H3,(H,26,30)/t18-/m1/s1. The number of aryl methyl sites for hydroxylation is 1. The first-order valence-electron chi connectivity index (χ1n) is 10.5. The van der Waals surface area contributed by atoms with Crippen molar-refractivity contribution < 1.29 is 19.2 Å². The number of carbonyl (C=O) groups excluding carboxylic acids is 2. The van der Waals surface area contributed by atoms with Crippen molar-refractivity contribution in [3.8, 4) is 11.5 Å². The molecule has 0 spiro atoms. The van der Waals surface area contributed by atoms with Gasteiger partial charge in [-0.15, -0.1) is 0 Å². The predicted molar refractivity (Wildman–Crippen MR) is 125 cm³/mol. The van der Waals surface area contributed by atoms with Crippen molar-refractivity contribution in [2.75, 3.05) is 16.8 Å². The monoisotopic (exact) mass is 445 g/mol. The lowest BCUT2D eigenvalue weighted by atomic mass is 10.1. The summed E-state index contributed by atoms with van der Waals surface area (Å²) in [4.78, 5) is 37.0. The van der Waals surface area contributed by atoms with Gasteiger partial charge in [-0.05, 0) is 67.4 Å². The number of ether oxygens (including phenoxy) is 1. The van der Waals surface area contributed by atoms with E-state index in [9.17, 15) is 19.7 Å². The van der Waals surface area contributed by atoms with E-state index in [0.29, 0.717) is 17.1 Å². The van der Waals surface area contributed by atoms with Crippen molar-refractivity contribution in [1.82, 2.24) is 0 Å². The lowest BCUT2D eigenvalue weighted by molar-refractivity contribution is -0.384. The van der Waals surface area contributed by atoms with Gasteiger partial charge in [0.25, 0.3) is 5.69 Å². The van der Waals surface area contributed by atoms with Gasteiger partial charge in [0.1, 0.15) is 11.5 Å². The quantitative estimate of drug-likeness (QED) is 0.425. The molecule has 8 nitrogen and oxygen atoms in total. The highest BCUT2D eigenvalue weighted by molar-refractivity contribution is 6.03. The normalized spacial score (nSPS) is 15.4. The van der Waals surface area contributed by atoms with Gasteiger partial charge in [-0.2, -0.15) is 0 Å². The van der Waals surface area contributed by atoms with Crippen molar-refractivity contribution in [2.24, 2.45) is 5.92 Å². The molecule has 1 atom stereocenters. The van der Waals surface area contributed by atoms with E-state index in [1.807, 2.05) is 32.0 Å². The molecule has 0 bridgehead atoms. The van der Waals surface area contributed by atoms with E-state index < -0.39 is 10.8 Å². The Balaban J connectivity index is 1.37. The van der Waals surface area contributed by atoms with E-state index in [2.05, 4.69) is 5.32 Å². The molecule has 1 fully saturated rings. The van der Waals surface area contributed by atoms with E-state index in [4.69, 9.17) is 4.74 Å². The number of non-ortho nitro benzene ring substituents is 1. The third kappa shape index (κ3) is 4.85. The molecular weight excluding hydrogens is 422 g/mol. The first kappa shape index (κ1) is 22.0. The van der Waals surface area contributed by atoms with E-state index >= 15 is 0 Å². The molecule has 1 heterocycles. The smallest absolute Gasteiger partial charge is 0.269 e. The van der Waals surface area contributed by atoms with Gasteiger partial charge in [-0.3, -0.25) is 19.7 Å². The van der Waals surface area contributed by atoms with Gasteiger partial charge in [-0.25, -0.2) is 0 Å². The van der Waals surface area contributed by atoms with Crippen LogP contribution < -0.4 is 15.0 Å². The van der Waals surface area contributed by atoms with Crippen molar-refractivity contribution >= 4 is 28.9 Å². The fourth-order valence-corrected chi connectivity index (χ4v) is 3.70. The van der Waals surface area contributed by atoms with Crippen LogP contribution in [0.2, 0.25) is 0 Å². The van der Waals surface area contributed by atoms with Crippen molar-refractivity contribution in [1.29, 1.82) is 0 Å². The number of amides is 2. The fraction of sp³-hybridized carbons (Fsp3) is 0.200. The Morgan fingerprint density at radius 3 is 2.42 bits per heavy atom. The molecule has 33 heavy (non-hydrogen) atoms. The van der Waals surface area contributed by atoms with Crippen molar-refractivity contribution in [3.05, 3.63) is 88.0 Å². The number of nitrogens with one attached hydrogen (secondary N) is 1. The molecule has 1 aliphatic heterocycles. The lowest BCUT2D eigenvalue weighted by Crippen LogP contribution is -2.28. The number of anilines is 2. The third-order valence-electron chi connectivity index (χ3n) is 5.77. The number of nitrogens with zero attached hydrogens (tertiary/aromatic N) is 2. The average Bonchev–Trinajstić information content (AvgIpc) is 3.20. The molecular formula is C25H23N3O5. The largest absolute Gasteiger partial charge is 0.457 e. The number of nitro groups is 1. The second-order valence-electron chi connectivity index (χ2n) is 7.99. The zero-order valence-electron chi connectivity index (χ0n) is 18.3. The van der Waals surface area contributed by atoms with Gasteiger partial charge in [-0.1, -0.05) is 12.1 Å². The van der Waals surface area contributed by atoms with Gasteiger partial charge in [0, 0.05) is 36.5 Å². The molecule has 4 rings (SSSR count). The Kier molecular flexibility index (Phi) is 6.08. The van der Waals surface area contributed by atoms with E-state index in [-0.39, 0.29) is 30.5 Å². The van der Waals surface area contributed by atoms with Gasteiger partial charge < -0.3 is 15.0 Å². The molecule has 3 aromatic rings. The van der Waals surface area contributed by atoms with Gasteiger partial charge >= 0.3 is 0 Å². The number of nitro benzene ring substituents is 1. The maximum atomic E-state index is 12.7. The molecule has 8 heteroatoms. The first-order chi connectivity index (χ1) is 15.8. The summed E-state index contributed by atoms with van der Waals surface area (Å²) in [6.07, 6.45) is 0.0800. The SMILES string of the molecule is Cc1cccc(Oc2ccc(NC(=O)[C@@H]3CC(=O)N(c4ccc([N+](=O)[O-])cc4)C3)cc2)c1C. The number of benzene rings is 3. The average molecular weight is 445 g/mol. The predicted octanol–water partition coefficient (Wildman–Crippen LogP) is 5.00. The van der Waals surface area contributed by atoms with E-state index in [1.165, 1.54) is 29.2 Å². The molecule has 0 aliphatic carbocycles. The summed E-state index contributed by atoms with van der Waals surface area (Å²) >= 11 is 0. The van der Waals surface area contributed by atoms with E-state index in [1.54, 1.807) is 24.3 Å². The third-order valence-corrected chi connectivity index (χ3v) is 5.77. The Morgan fingerprint density at radius 1 is 1.06 bits per heavy atom. The zero-order chi connectivity index (χ0) is 23.5. The molecule has 1 N–H and O–H groups in total. The maximum absolute atomic E-state index is 12.7. The zero-order valence-corrected chi connectivity index (χ0v) is 18.3. The minimum absolute atomic E-state index is 0.0512. The molecule has 0 radical (unpaired) electrons. The van der Waals surface area contributed by atoms with Crippen LogP contribution in [0.25, 0.3) is 0 Å². The highest BCUT2D eigenvalue weighted by atomic mass is 16.6. The highest BCUT2D eigenvalue weighted by Gasteiger charge is 2.35. The number of carbonyl (C=O) groups is 2. The number of hydrogen-bond donors (Lipinski definition) is 1. The summed E-state index contributed by atoms with van der Waals surface area (Å²) in [6.45, 7) is 4.25. The molecule has 0 saturated carbocycles. The van der Waals surface area contributed by atoms with Crippen LogP contribution in [0, 0.1) is 29.9 Å². The molecule has 0 aromatic heterocycles. The number of hydrogen-bond acceptors (Lipinski definition) is 5. The van der Waals surface area contributed by atoms with Crippen molar-refractivity contribution in [3.63, 3.8) is 0 Å². The van der Waals surface area contributed by atoms with Gasteiger partial charge in [0.2, 0.25) is 11.8 Å². The van der Waals surface area contributed by atoms with Crippen LogP contribution in [-0.2, 0) is 9.59 Å². The van der Waals surface area contributed by atoms with Crippen LogP contribution in [0.15, 0.2) is 66.7 Å². The van der Waals surface area contributed by atoms with Crippen molar-refractivity contribution in [2.45, 2.75) is 20.3 Å². The molecule has 1 saturated heterocycles. The Morgan fingerprint density at radius 2 is 1.76 bits per heavy atom. The van der Waals surface area contributed by atoms with Crippen LogP contribution in [0.3, 0.4) is 0 Å².